The van der Waals surface area contributed by atoms with E-state index in [1.54, 1.807) is 0 Å². The molecule has 0 bridgehead atoms. The van der Waals surface area contributed by atoms with Gasteiger partial charge in [-0.2, -0.15) is 0 Å². The summed E-state index contributed by atoms with van der Waals surface area (Å²) in [4.78, 5) is 24.1. The number of amides is 1. The van der Waals surface area contributed by atoms with Crippen LogP contribution in [0.4, 0.5) is 0 Å². The average Bonchev–Trinajstić information content (AvgIpc) is 2.34. The molecule has 1 amide bonds. The second-order valence-corrected chi connectivity index (χ2v) is 8.23. The highest BCUT2D eigenvalue weighted by molar-refractivity contribution is 5.81. The van der Waals surface area contributed by atoms with Crippen molar-refractivity contribution >= 4 is 11.9 Å². The van der Waals surface area contributed by atoms with Crippen molar-refractivity contribution in [1.82, 2.24) is 5.32 Å². The highest BCUT2D eigenvalue weighted by Crippen LogP contribution is 2.40. The molecule has 4 heteroatoms. The fourth-order valence-corrected chi connectivity index (χ4v) is 3.45. The van der Waals surface area contributed by atoms with Gasteiger partial charge in [0.25, 0.3) is 0 Å². The maximum absolute atomic E-state index is 12.9. The fraction of sp³-hybridized carbons (Fsp3) is 0.579. The van der Waals surface area contributed by atoms with Crippen LogP contribution >= 0.6 is 0 Å². The van der Waals surface area contributed by atoms with Gasteiger partial charge in [-0.25, -0.2) is 0 Å². The summed E-state index contributed by atoms with van der Waals surface area (Å²) in [5, 5.41) is 12.1. The summed E-state index contributed by atoms with van der Waals surface area (Å²) in [5.74, 6) is -1.25. The lowest BCUT2D eigenvalue weighted by molar-refractivity contribution is -0.138. The number of hydrogen-bond acceptors (Lipinski definition) is 2. The Bertz CT molecular complexity index is 524. The van der Waals surface area contributed by atoms with Gasteiger partial charge in [-0.05, 0) is 16.4 Å². The highest BCUT2D eigenvalue weighted by Gasteiger charge is 2.41. The van der Waals surface area contributed by atoms with E-state index in [1.807, 2.05) is 71.9 Å². The Kier molecular flexibility index (Phi) is 5.98. The van der Waals surface area contributed by atoms with Gasteiger partial charge in [0.05, 0.1) is 12.5 Å². The number of hydrogen-bond donors (Lipinski definition) is 2. The summed E-state index contributed by atoms with van der Waals surface area (Å²) >= 11 is 0. The van der Waals surface area contributed by atoms with Crippen LogP contribution in [0.15, 0.2) is 30.3 Å². The first kappa shape index (κ1) is 19.2. The first-order chi connectivity index (χ1) is 10.4. The number of nitrogens with one attached hydrogen (secondary N) is 1. The molecule has 1 aromatic rings. The molecule has 0 spiro atoms. The number of carboxylic acid groups (broad SMARTS) is 1. The van der Waals surface area contributed by atoms with Crippen molar-refractivity contribution in [1.29, 1.82) is 0 Å². The highest BCUT2D eigenvalue weighted by atomic mass is 16.4. The predicted molar refractivity (Wildman–Crippen MR) is 92.0 cm³/mol. The first-order valence-corrected chi connectivity index (χ1v) is 8.00. The number of rotatable bonds is 5. The first-order valence-electron chi connectivity index (χ1n) is 8.00. The van der Waals surface area contributed by atoms with Gasteiger partial charge in [0.1, 0.15) is 0 Å². The lowest BCUT2D eigenvalue weighted by Crippen LogP contribution is -2.46. The quantitative estimate of drug-likeness (QED) is 0.861. The van der Waals surface area contributed by atoms with E-state index in [0.717, 1.165) is 5.56 Å². The molecule has 4 nitrogen and oxygen atoms in total. The minimum atomic E-state index is -0.928. The van der Waals surface area contributed by atoms with E-state index >= 15 is 0 Å². The summed E-state index contributed by atoms with van der Waals surface area (Å²) < 4.78 is 0. The Morgan fingerprint density at radius 1 is 1.00 bits per heavy atom. The second kappa shape index (κ2) is 7.16. The Hall–Kier alpha value is -1.84. The molecule has 0 aliphatic heterocycles. The number of carbonyl (C=O) groups is 2. The smallest absolute Gasteiger partial charge is 0.305 e. The third-order valence-electron chi connectivity index (χ3n) is 3.89. The van der Waals surface area contributed by atoms with Crippen LogP contribution in [0.5, 0.6) is 0 Å². The molecule has 0 saturated carbocycles. The lowest BCUT2D eigenvalue weighted by atomic mass is 9.66. The summed E-state index contributed by atoms with van der Waals surface area (Å²) in [6.07, 6.45) is -0.128. The molecular formula is C19H29NO3. The zero-order chi connectivity index (χ0) is 17.8. The molecule has 128 valence electrons. The normalized spacial score (nSPS) is 13.7. The van der Waals surface area contributed by atoms with Crippen molar-refractivity contribution in [3.05, 3.63) is 35.9 Å². The van der Waals surface area contributed by atoms with Gasteiger partial charge in [-0.1, -0.05) is 71.9 Å². The fourth-order valence-electron chi connectivity index (χ4n) is 3.45. The van der Waals surface area contributed by atoms with Gasteiger partial charge in [0.2, 0.25) is 5.91 Å². The molecule has 1 atom stereocenters. The van der Waals surface area contributed by atoms with E-state index in [2.05, 4.69) is 5.32 Å². The minimum Gasteiger partial charge on any atom is -0.481 e. The lowest BCUT2D eigenvalue weighted by Gasteiger charge is -2.40. The Morgan fingerprint density at radius 2 is 1.48 bits per heavy atom. The van der Waals surface area contributed by atoms with Gasteiger partial charge < -0.3 is 10.4 Å². The van der Waals surface area contributed by atoms with E-state index in [1.165, 1.54) is 0 Å². The molecule has 0 heterocycles. The van der Waals surface area contributed by atoms with E-state index in [0.29, 0.717) is 0 Å². The zero-order valence-corrected chi connectivity index (χ0v) is 15.0. The molecular weight excluding hydrogens is 290 g/mol. The van der Waals surface area contributed by atoms with Gasteiger partial charge in [-0.3, -0.25) is 9.59 Å². The third-order valence-corrected chi connectivity index (χ3v) is 3.89. The Labute approximate surface area is 139 Å². The van der Waals surface area contributed by atoms with Crippen molar-refractivity contribution in [2.45, 2.75) is 54.0 Å². The van der Waals surface area contributed by atoms with Crippen LogP contribution in [0.25, 0.3) is 0 Å². The minimum absolute atomic E-state index is 0.0971. The summed E-state index contributed by atoms with van der Waals surface area (Å²) in [5.41, 5.74) is 0.379. The molecule has 0 saturated heterocycles. The van der Waals surface area contributed by atoms with Gasteiger partial charge in [0.15, 0.2) is 0 Å². The number of aliphatic carboxylic acids is 1. The molecule has 0 radical (unpaired) electrons. The summed E-state index contributed by atoms with van der Waals surface area (Å²) in [6.45, 7) is 12.2. The zero-order valence-electron chi connectivity index (χ0n) is 15.0. The molecule has 0 fully saturated rings. The number of benzene rings is 1. The van der Waals surface area contributed by atoms with Crippen molar-refractivity contribution in [3.63, 3.8) is 0 Å². The standard InChI is InChI=1S/C19H29NO3/c1-18(2,3)16(19(4,5)6)17(23)20-14(12-15(21)22)13-10-8-7-9-11-13/h7-11,14,16H,12H2,1-6H3,(H,20,23)(H,21,22)/t14-/m1/s1. The van der Waals surface area contributed by atoms with Crippen LogP contribution in [-0.4, -0.2) is 17.0 Å². The van der Waals surface area contributed by atoms with Crippen LogP contribution in [0.3, 0.4) is 0 Å². The van der Waals surface area contributed by atoms with Gasteiger partial charge in [-0.15, -0.1) is 0 Å². The molecule has 0 aliphatic carbocycles. The van der Waals surface area contributed by atoms with Crippen molar-refractivity contribution in [2.24, 2.45) is 16.7 Å². The Balaban J connectivity index is 3.07. The monoisotopic (exact) mass is 319 g/mol. The van der Waals surface area contributed by atoms with E-state index in [-0.39, 0.29) is 29.1 Å². The van der Waals surface area contributed by atoms with Crippen LogP contribution in [0.2, 0.25) is 0 Å². The van der Waals surface area contributed by atoms with E-state index < -0.39 is 12.0 Å². The molecule has 0 aliphatic rings. The largest absolute Gasteiger partial charge is 0.481 e. The molecule has 23 heavy (non-hydrogen) atoms. The molecule has 0 aromatic heterocycles. The van der Waals surface area contributed by atoms with Crippen LogP contribution in [0, 0.1) is 16.7 Å². The Morgan fingerprint density at radius 3 is 1.87 bits per heavy atom. The topological polar surface area (TPSA) is 66.4 Å². The maximum Gasteiger partial charge on any atom is 0.305 e. The number of carboxylic acids is 1. The molecule has 1 rings (SSSR count). The van der Waals surface area contributed by atoms with Crippen LogP contribution < -0.4 is 5.32 Å². The summed E-state index contributed by atoms with van der Waals surface area (Å²) in [7, 11) is 0. The van der Waals surface area contributed by atoms with Crippen molar-refractivity contribution < 1.29 is 14.7 Å². The molecule has 0 unspecified atom stereocenters. The summed E-state index contributed by atoms with van der Waals surface area (Å²) in [6, 6.07) is 8.74. The maximum atomic E-state index is 12.9. The van der Waals surface area contributed by atoms with E-state index in [4.69, 9.17) is 5.11 Å². The predicted octanol–water partition coefficient (Wildman–Crippen LogP) is 4.03. The van der Waals surface area contributed by atoms with Crippen molar-refractivity contribution in [3.8, 4) is 0 Å². The van der Waals surface area contributed by atoms with E-state index in [9.17, 15) is 9.59 Å². The molecule has 2 N–H and O–H groups in total. The van der Waals surface area contributed by atoms with Gasteiger partial charge in [0, 0.05) is 5.92 Å². The van der Waals surface area contributed by atoms with Crippen LogP contribution in [0.1, 0.15) is 59.6 Å². The average molecular weight is 319 g/mol. The molecule has 1 aromatic carbocycles. The SMILES string of the molecule is CC(C)(C)C(C(=O)N[C@H](CC(=O)O)c1ccccc1)C(C)(C)C. The van der Waals surface area contributed by atoms with Crippen LogP contribution in [-0.2, 0) is 9.59 Å². The third kappa shape index (κ3) is 5.70. The second-order valence-electron chi connectivity index (χ2n) is 8.23. The number of carbonyl (C=O) groups excluding carboxylic acids is 1. The van der Waals surface area contributed by atoms with Crippen molar-refractivity contribution in [2.75, 3.05) is 0 Å². The van der Waals surface area contributed by atoms with Gasteiger partial charge >= 0.3 is 5.97 Å².